The smallest absolute Gasteiger partial charge is 0.274 e. The average molecular weight is 1260 g/mol. The predicted octanol–water partition coefficient (Wildman–Crippen LogP) is 6.71. The van der Waals surface area contributed by atoms with E-state index in [1.54, 1.807) is 0 Å². The number of hydrogen-bond donors (Lipinski definition) is 6. The van der Waals surface area contributed by atoms with Crippen LogP contribution in [0.4, 0.5) is 5.82 Å². The number of ether oxygens (including phenoxy) is 1. The van der Waals surface area contributed by atoms with Gasteiger partial charge in [0.15, 0.2) is 22.8 Å². The van der Waals surface area contributed by atoms with Gasteiger partial charge in [0.1, 0.15) is 36.3 Å². The number of aromatic nitrogens is 4. The molecule has 1 saturated heterocycles. The van der Waals surface area contributed by atoms with Crippen molar-refractivity contribution in [3.8, 4) is 0 Å². The molecule has 7 N–H and O–H groups in total. The minimum Gasteiger partial charge on any atom is -0.790 e. The standard InChI is InChI=1S/C55H94N7O18P3S/c1-4-5-6-7-8-9-10-11-12-13-14-15-16-17-18-19-20-21-22-23-24-25-26-27-28-29-30-31-32-33-43(63)38-46(65)84-37-36-57-45(64)34-35-58-53(68)50(67)55(2,3)40-77-83(74,75)80-82(72,73)76-39-44-49(79-81(69,70)71)48(66)54(78-44)62-42-61-47-51(56)59-41-60-52(47)62/h8-9,11-12,14-15,17-18,41-44,48-50,54,63,66-67H,4-7,10,13,16,19-40H2,1-3H3,(H,57,64)(H,58,68)(H,72,73)(H,74,75)(H2,56,59,60)(H2,69,70,71)/p-4/b9-8-,12-11-,15-14-,18-17-/t43-,44-,48-,49-,50+,54-/m1/s1. The minimum atomic E-state index is -5.94. The Labute approximate surface area is 498 Å². The molecule has 3 heterocycles. The number of thioether (sulfide) groups is 1. The van der Waals surface area contributed by atoms with Gasteiger partial charge in [0.05, 0.1) is 33.5 Å². The number of allylic oxidation sites excluding steroid dienone is 8. The fourth-order valence-electron chi connectivity index (χ4n) is 8.77. The molecule has 0 saturated carbocycles. The summed E-state index contributed by atoms with van der Waals surface area (Å²) in [6, 6.07) is 0. The van der Waals surface area contributed by atoms with E-state index >= 15 is 0 Å². The van der Waals surface area contributed by atoms with E-state index in [0.29, 0.717) is 6.42 Å². The number of nitrogens with one attached hydrogen (secondary N) is 2. The highest BCUT2D eigenvalue weighted by molar-refractivity contribution is 8.13. The van der Waals surface area contributed by atoms with Gasteiger partial charge >= 0.3 is 0 Å². The van der Waals surface area contributed by atoms with Crippen LogP contribution in [-0.2, 0) is 50.7 Å². The number of aliphatic hydroxyl groups is 3. The van der Waals surface area contributed by atoms with Gasteiger partial charge in [-0.25, -0.2) is 19.3 Å². The molecule has 0 aliphatic carbocycles. The second kappa shape index (κ2) is 40.8. The van der Waals surface area contributed by atoms with Gasteiger partial charge in [0.25, 0.3) is 15.6 Å². The first-order chi connectivity index (χ1) is 39.9. The molecular formula is C55H90N7O18P3S-4. The molecule has 2 amide bonds. The SMILES string of the molecule is CCCCC/C=C\C/C=C\C/C=C\C/C=C\CCCCCCCCCCCCCCC[C@@H](O)CC(=O)SCCNC(=O)CCNC(=O)[C@H](O)C(C)(C)COP(=O)([O-])OP(=O)([O-])OC[C@H]1O[C@@H](n2cnc3c(N)ncnc32)[C@H](O)[C@@H]1OP(=O)([O-])[O-]. The third kappa shape index (κ3) is 31.9. The number of rotatable bonds is 47. The molecule has 478 valence electrons. The fraction of sp³-hybridized carbons (Fsp3) is 0.709. The average Bonchev–Trinajstić information content (AvgIpc) is 2.09. The molecule has 25 nitrogen and oxygen atoms in total. The maximum absolute atomic E-state index is 12.7. The number of fused-ring (bicyclic) bond motifs is 1. The molecule has 0 bridgehead atoms. The Balaban J connectivity index is 1.16. The lowest BCUT2D eigenvalue weighted by Gasteiger charge is -2.36. The van der Waals surface area contributed by atoms with Crippen LogP contribution in [0, 0.1) is 5.41 Å². The number of phosphoric acid groups is 3. The van der Waals surface area contributed by atoms with E-state index in [2.05, 4.69) is 99.0 Å². The maximum Gasteiger partial charge on any atom is 0.274 e. The molecule has 0 spiro atoms. The van der Waals surface area contributed by atoms with Crippen molar-refractivity contribution >= 4 is 69.1 Å². The number of carbonyl (C=O) groups is 3. The van der Waals surface area contributed by atoms with Crippen LogP contribution < -0.4 is 35.9 Å². The number of carbonyl (C=O) groups excluding carboxylic acids is 3. The van der Waals surface area contributed by atoms with Crippen LogP contribution >= 0.6 is 35.2 Å². The predicted molar refractivity (Wildman–Crippen MR) is 313 cm³/mol. The van der Waals surface area contributed by atoms with Crippen molar-refractivity contribution in [2.75, 3.05) is 37.8 Å². The van der Waals surface area contributed by atoms with Crippen LogP contribution in [0.3, 0.4) is 0 Å². The molecule has 1 fully saturated rings. The second-order valence-electron chi connectivity index (χ2n) is 21.3. The van der Waals surface area contributed by atoms with Crippen molar-refractivity contribution in [3.63, 3.8) is 0 Å². The Morgan fingerprint density at radius 3 is 1.90 bits per heavy atom. The van der Waals surface area contributed by atoms with E-state index in [0.717, 1.165) is 73.9 Å². The Hall–Kier alpha value is -3.52. The van der Waals surface area contributed by atoms with Crippen molar-refractivity contribution in [1.29, 1.82) is 0 Å². The van der Waals surface area contributed by atoms with Crippen LogP contribution in [0.5, 0.6) is 0 Å². The number of imidazole rings is 1. The molecule has 2 aromatic rings. The van der Waals surface area contributed by atoms with Crippen LogP contribution in [0.2, 0.25) is 0 Å². The Morgan fingerprint density at radius 2 is 1.32 bits per heavy atom. The number of hydrogen-bond acceptors (Lipinski definition) is 23. The van der Waals surface area contributed by atoms with Crippen LogP contribution in [0.25, 0.3) is 11.2 Å². The Bertz CT molecular complexity index is 2510. The van der Waals surface area contributed by atoms with E-state index in [1.807, 2.05) is 0 Å². The van der Waals surface area contributed by atoms with E-state index in [1.165, 1.54) is 104 Å². The summed E-state index contributed by atoms with van der Waals surface area (Å²) in [5, 5.41) is 36.6. The highest BCUT2D eigenvalue weighted by Crippen LogP contribution is 2.56. The zero-order valence-electron chi connectivity index (χ0n) is 48.8. The summed E-state index contributed by atoms with van der Waals surface area (Å²) < 4.78 is 61.0. The van der Waals surface area contributed by atoms with E-state index in [9.17, 15) is 63.0 Å². The highest BCUT2D eigenvalue weighted by Gasteiger charge is 2.47. The quantitative estimate of drug-likeness (QED) is 0.0227. The van der Waals surface area contributed by atoms with Gasteiger partial charge in [-0.05, 0) is 51.4 Å². The summed E-state index contributed by atoms with van der Waals surface area (Å²) in [5.74, 6) is -1.33. The van der Waals surface area contributed by atoms with Gasteiger partial charge in [0, 0.05) is 37.1 Å². The van der Waals surface area contributed by atoms with Gasteiger partial charge in [-0.2, -0.15) is 0 Å². The zero-order valence-corrected chi connectivity index (χ0v) is 52.3. The number of nitrogens with zero attached hydrogens (tertiary/aromatic N) is 4. The lowest BCUT2D eigenvalue weighted by molar-refractivity contribution is -0.347. The van der Waals surface area contributed by atoms with E-state index < -0.39 is 90.7 Å². The van der Waals surface area contributed by atoms with Gasteiger partial charge in [-0.1, -0.05) is 171 Å². The van der Waals surface area contributed by atoms with Crippen molar-refractivity contribution < 1.29 is 85.6 Å². The number of nitrogens with two attached hydrogens (primary N) is 1. The fourth-order valence-corrected chi connectivity index (χ4v) is 12.3. The van der Waals surface area contributed by atoms with Crippen molar-refractivity contribution in [3.05, 3.63) is 61.3 Å². The number of aliphatic hydroxyl groups excluding tert-OH is 3. The van der Waals surface area contributed by atoms with E-state index in [-0.39, 0.29) is 53.8 Å². The monoisotopic (exact) mass is 1260 g/mol. The molecule has 29 heteroatoms. The molecule has 8 atom stereocenters. The largest absolute Gasteiger partial charge is 0.790 e. The first-order valence-corrected chi connectivity index (χ1v) is 34.6. The summed E-state index contributed by atoms with van der Waals surface area (Å²) in [7, 11) is -17.7. The van der Waals surface area contributed by atoms with E-state index in [4.69, 9.17) is 10.5 Å². The number of anilines is 1. The first-order valence-electron chi connectivity index (χ1n) is 29.2. The molecule has 3 rings (SSSR count). The Morgan fingerprint density at radius 1 is 0.774 bits per heavy atom. The number of nitrogen functional groups attached to an aromatic ring is 1. The third-order valence-electron chi connectivity index (χ3n) is 13.5. The summed E-state index contributed by atoms with van der Waals surface area (Å²) in [6.07, 6.45) is 35.2. The molecule has 2 unspecified atom stereocenters. The van der Waals surface area contributed by atoms with Crippen LogP contribution in [0.1, 0.15) is 181 Å². The number of unbranched alkanes of at least 4 members (excludes halogenated alkanes) is 16. The van der Waals surface area contributed by atoms with Gasteiger partial charge in [-0.15, -0.1) is 0 Å². The van der Waals surface area contributed by atoms with Crippen molar-refractivity contribution in [1.82, 2.24) is 30.2 Å². The maximum atomic E-state index is 12.7. The van der Waals surface area contributed by atoms with Gasteiger partial charge < -0.3 is 74.1 Å². The number of amides is 2. The molecule has 84 heavy (non-hydrogen) atoms. The number of phosphoric ester groups is 3. The van der Waals surface area contributed by atoms with Crippen LogP contribution in [-0.4, -0.2) is 114 Å². The molecule has 1 aliphatic heterocycles. The normalized spacial score (nSPS) is 19.2. The van der Waals surface area contributed by atoms with Crippen molar-refractivity contribution in [2.24, 2.45) is 5.41 Å². The first kappa shape index (κ1) is 74.7. The van der Waals surface area contributed by atoms with Crippen LogP contribution in [0.15, 0.2) is 61.3 Å². The molecular weight excluding hydrogens is 1170 g/mol. The lowest BCUT2D eigenvalue weighted by Crippen LogP contribution is -2.46. The molecule has 0 aromatic carbocycles. The van der Waals surface area contributed by atoms with Gasteiger partial charge in [-0.3, -0.25) is 28.1 Å². The third-order valence-corrected chi connectivity index (χ3v) is 17.4. The summed E-state index contributed by atoms with van der Waals surface area (Å²) in [5.41, 5.74) is 4.07. The lowest BCUT2D eigenvalue weighted by atomic mass is 9.87. The molecule has 1 aliphatic rings. The highest BCUT2D eigenvalue weighted by atomic mass is 32.2. The summed E-state index contributed by atoms with van der Waals surface area (Å²) in [4.78, 5) is 97.4. The topological polar surface area (TPSA) is 395 Å². The Kier molecular flexibility index (Phi) is 36.3. The molecule has 2 aromatic heterocycles. The second-order valence-corrected chi connectivity index (χ2v) is 26.5. The summed E-state index contributed by atoms with van der Waals surface area (Å²) in [6.45, 7) is 2.23. The zero-order chi connectivity index (χ0) is 61.9. The molecule has 0 radical (unpaired) electrons. The van der Waals surface area contributed by atoms with Crippen molar-refractivity contribution in [2.45, 2.75) is 212 Å². The summed E-state index contributed by atoms with van der Waals surface area (Å²) >= 11 is 0.991. The minimum absolute atomic E-state index is 0.0103. The van der Waals surface area contributed by atoms with Gasteiger partial charge in [0.2, 0.25) is 11.8 Å².